The van der Waals surface area contributed by atoms with Crippen molar-refractivity contribution in [3.05, 3.63) is 24.3 Å². The molecule has 6 heteroatoms. The van der Waals surface area contributed by atoms with Crippen molar-refractivity contribution in [1.82, 2.24) is 0 Å². The first kappa shape index (κ1) is 15.4. The first-order valence-corrected chi connectivity index (χ1v) is 8.70. The Morgan fingerprint density at radius 3 is 2.15 bits per heavy atom. The molecule has 4 nitrogen and oxygen atoms in total. The van der Waals surface area contributed by atoms with E-state index in [9.17, 15) is 4.21 Å². The van der Waals surface area contributed by atoms with Gasteiger partial charge in [-0.3, -0.25) is 0 Å². The highest BCUT2D eigenvalue weighted by Crippen LogP contribution is 2.36. The molecule has 1 atom stereocenters. The van der Waals surface area contributed by atoms with Crippen molar-refractivity contribution in [2.24, 2.45) is 0 Å². The summed E-state index contributed by atoms with van der Waals surface area (Å²) in [6.45, 7) is 8.03. The molecule has 1 saturated heterocycles. The molecule has 0 radical (unpaired) electrons. The molecule has 0 amide bonds. The summed E-state index contributed by atoms with van der Waals surface area (Å²) in [7, 11) is -2.83. The topological polar surface area (TPSA) is 47.6 Å². The van der Waals surface area contributed by atoms with E-state index in [1.54, 1.807) is 6.26 Å². The molecule has 1 aromatic carbocycles. The Kier molecular flexibility index (Phi) is 3.69. The average molecular weight is 295 g/mol. The maximum atomic E-state index is 11.9. The van der Waals surface area contributed by atoms with Crippen LogP contribution in [0, 0.1) is 0 Å². The van der Waals surface area contributed by atoms with Gasteiger partial charge in [-0.15, -0.1) is 0 Å². The van der Waals surface area contributed by atoms with Crippen LogP contribution in [0.25, 0.3) is 0 Å². The van der Waals surface area contributed by atoms with E-state index in [1.165, 1.54) is 0 Å². The van der Waals surface area contributed by atoms with Gasteiger partial charge in [0.05, 0.1) is 11.2 Å². The van der Waals surface area contributed by atoms with Crippen LogP contribution in [0.4, 0.5) is 5.69 Å². The second kappa shape index (κ2) is 4.79. The number of benzene rings is 1. The van der Waals surface area contributed by atoms with Gasteiger partial charge in [0.15, 0.2) is 0 Å². The van der Waals surface area contributed by atoms with Gasteiger partial charge in [-0.2, -0.15) is 0 Å². The third-order valence-corrected chi connectivity index (χ3v) is 4.45. The van der Waals surface area contributed by atoms with Gasteiger partial charge >= 0.3 is 7.12 Å². The summed E-state index contributed by atoms with van der Waals surface area (Å²) in [6.07, 6.45) is 1.56. The van der Waals surface area contributed by atoms with Gasteiger partial charge in [0.1, 0.15) is 0 Å². The average Bonchev–Trinajstić information content (AvgIpc) is 2.46. The summed E-state index contributed by atoms with van der Waals surface area (Å²) in [5.41, 5.74) is 0.768. The van der Waals surface area contributed by atoms with E-state index >= 15 is 0 Å². The van der Waals surface area contributed by atoms with E-state index in [-0.39, 0.29) is 0 Å². The van der Waals surface area contributed by atoms with Crippen LogP contribution in [0.2, 0.25) is 0 Å². The van der Waals surface area contributed by atoms with E-state index in [0.29, 0.717) is 0 Å². The molecular weight excluding hydrogens is 273 g/mol. The molecule has 0 aliphatic carbocycles. The van der Waals surface area contributed by atoms with E-state index in [2.05, 4.69) is 10.6 Å². The smallest absolute Gasteiger partial charge is 0.399 e. The predicted molar refractivity (Wildman–Crippen MR) is 87.0 cm³/mol. The Bertz CT molecular complexity index is 595. The third-order valence-electron chi connectivity index (χ3n) is 3.79. The van der Waals surface area contributed by atoms with E-state index in [0.717, 1.165) is 11.2 Å². The summed E-state index contributed by atoms with van der Waals surface area (Å²) >= 11 is 0. The highest BCUT2D eigenvalue weighted by Gasteiger charge is 2.52. The van der Waals surface area contributed by atoms with Crippen molar-refractivity contribution < 1.29 is 13.5 Å². The van der Waals surface area contributed by atoms with Crippen LogP contribution in [0.5, 0.6) is 0 Å². The van der Waals surface area contributed by atoms with Crippen LogP contribution in [-0.2, 0) is 19.0 Å². The van der Waals surface area contributed by atoms with E-state index < -0.39 is 28.0 Å². The molecule has 0 bridgehead atoms. The first-order chi connectivity index (χ1) is 9.02. The molecule has 0 aromatic heterocycles. The molecule has 1 heterocycles. The molecule has 20 heavy (non-hydrogen) atoms. The number of nitrogens with one attached hydrogen (secondary N) is 1. The van der Waals surface area contributed by atoms with E-state index in [4.69, 9.17) is 9.31 Å². The van der Waals surface area contributed by atoms with Crippen molar-refractivity contribution in [3.63, 3.8) is 0 Å². The summed E-state index contributed by atoms with van der Waals surface area (Å²) in [5.74, 6) is 3.63. The minimum absolute atomic E-state index is 0.400. The molecule has 0 spiro atoms. The molecule has 0 saturated carbocycles. The van der Waals surface area contributed by atoms with Crippen molar-refractivity contribution in [3.8, 4) is 0 Å². The van der Waals surface area contributed by atoms with Crippen molar-refractivity contribution >= 4 is 33.8 Å². The number of rotatable bonds is 3. The number of hydrogen-bond donors (Lipinski definition) is 1. The third kappa shape index (κ3) is 3.02. The maximum absolute atomic E-state index is 11.9. The lowest BCUT2D eigenvalue weighted by Gasteiger charge is -2.32. The molecule has 1 N–H and O–H groups in total. The summed E-state index contributed by atoms with van der Waals surface area (Å²) < 4.78 is 26.9. The van der Waals surface area contributed by atoms with Crippen LogP contribution in [0.15, 0.2) is 24.3 Å². The monoisotopic (exact) mass is 295 g/mol. The maximum Gasteiger partial charge on any atom is 0.496 e. The SMILES string of the molecule is C=S(C)(=O)Nc1ccccc1B1OC(C)(C)C(C)(C)O1. The van der Waals surface area contributed by atoms with Gasteiger partial charge in [0.25, 0.3) is 0 Å². The predicted octanol–water partition coefficient (Wildman–Crippen LogP) is 1.66. The van der Waals surface area contributed by atoms with Gasteiger partial charge in [-0.25, -0.2) is 4.21 Å². The normalized spacial score (nSPS) is 23.4. The summed E-state index contributed by atoms with van der Waals surface area (Å²) in [4.78, 5) is 0. The van der Waals surface area contributed by atoms with Crippen molar-refractivity contribution in [2.75, 3.05) is 11.0 Å². The lowest BCUT2D eigenvalue weighted by atomic mass is 9.78. The Morgan fingerprint density at radius 2 is 1.65 bits per heavy atom. The molecular formula is C14H22BNO3S. The van der Waals surface area contributed by atoms with E-state index in [1.807, 2.05) is 52.0 Å². The Morgan fingerprint density at radius 1 is 1.15 bits per heavy atom. The lowest BCUT2D eigenvalue weighted by molar-refractivity contribution is 0.00578. The van der Waals surface area contributed by atoms with Gasteiger partial charge in [-0.1, -0.05) is 18.2 Å². The second-order valence-electron chi connectivity index (χ2n) is 6.28. The zero-order chi connectivity index (χ0) is 15.2. The van der Waals surface area contributed by atoms with Gasteiger partial charge in [0, 0.05) is 27.1 Å². The van der Waals surface area contributed by atoms with Crippen molar-refractivity contribution in [2.45, 2.75) is 38.9 Å². The minimum atomic E-state index is -2.35. The lowest BCUT2D eigenvalue weighted by Crippen LogP contribution is -2.41. The van der Waals surface area contributed by atoms with Crippen LogP contribution in [0.1, 0.15) is 27.7 Å². The zero-order valence-electron chi connectivity index (χ0n) is 12.7. The molecule has 1 aliphatic rings. The molecule has 2 rings (SSSR count). The summed E-state index contributed by atoms with van der Waals surface area (Å²) in [6, 6.07) is 7.55. The van der Waals surface area contributed by atoms with Crippen LogP contribution in [-0.4, -0.2) is 34.7 Å². The highest BCUT2D eigenvalue weighted by molar-refractivity contribution is 8.00. The fraction of sp³-hybridized carbons (Fsp3) is 0.500. The second-order valence-corrected chi connectivity index (χ2v) is 8.50. The molecule has 1 aromatic rings. The fourth-order valence-electron chi connectivity index (χ4n) is 2.00. The number of hydrogen-bond acceptors (Lipinski definition) is 3. The Labute approximate surface area is 122 Å². The molecule has 1 fully saturated rings. The quantitative estimate of drug-likeness (QED) is 0.681. The highest BCUT2D eigenvalue weighted by atomic mass is 32.2. The zero-order valence-corrected chi connectivity index (χ0v) is 13.5. The Balaban J connectivity index is 2.36. The number of para-hydroxylation sites is 1. The molecule has 110 valence electrons. The molecule has 1 aliphatic heterocycles. The van der Waals surface area contributed by atoms with Gasteiger partial charge in [0.2, 0.25) is 0 Å². The van der Waals surface area contributed by atoms with Crippen LogP contribution in [0.3, 0.4) is 0 Å². The minimum Gasteiger partial charge on any atom is -0.399 e. The van der Waals surface area contributed by atoms with Crippen LogP contribution >= 0.6 is 0 Å². The first-order valence-electron chi connectivity index (χ1n) is 6.56. The summed E-state index contributed by atoms with van der Waals surface area (Å²) in [5, 5.41) is 0. The Hall–Kier alpha value is -0.975. The number of anilines is 1. The largest absolute Gasteiger partial charge is 0.496 e. The standard InChI is InChI=1S/C14H22BNO3S/c1-13(2)14(3,4)19-15(18-13)11-9-7-8-10-12(11)16-20(5,6)17/h7-10H,5H2,1-4,6H3,(H,16,17). The van der Waals surface area contributed by atoms with Gasteiger partial charge < -0.3 is 14.0 Å². The van der Waals surface area contributed by atoms with Crippen molar-refractivity contribution in [1.29, 1.82) is 0 Å². The van der Waals surface area contributed by atoms with Gasteiger partial charge in [-0.05, 0) is 39.6 Å². The fourth-order valence-corrected chi connectivity index (χ4v) is 2.65. The van der Waals surface area contributed by atoms with Crippen LogP contribution < -0.4 is 10.2 Å². The molecule has 1 unspecified atom stereocenters.